The number of aromatic nitrogens is 1. The van der Waals surface area contributed by atoms with Crippen molar-refractivity contribution < 1.29 is 32.7 Å². The number of hydrogen-bond donors (Lipinski definition) is 3. The molecule has 2 aromatic rings. The quantitative estimate of drug-likeness (QED) is 0.214. The summed E-state index contributed by atoms with van der Waals surface area (Å²) >= 11 is 2.42. The van der Waals surface area contributed by atoms with Crippen molar-refractivity contribution in [2.75, 3.05) is 36.2 Å². The predicted molar refractivity (Wildman–Crippen MR) is 143 cm³/mol. The highest BCUT2D eigenvalue weighted by atomic mass is 32.2. The Bertz CT molecular complexity index is 1470. The first-order valence-electron chi connectivity index (χ1n) is 11.0. The number of nitrogens with zero attached hydrogens (tertiary/aromatic N) is 4. The van der Waals surface area contributed by atoms with Gasteiger partial charge < -0.3 is 21.0 Å². The zero-order valence-corrected chi connectivity index (χ0v) is 22.9. The van der Waals surface area contributed by atoms with Crippen molar-refractivity contribution in [2.24, 2.45) is 5.16 Å². The second kappa shape index (κ2) is 10.6. The fraction of sp³-hybridized carbons (Fsp3) is 0.318. The van der Waals surface area contributed by atoms with Crippen molar-refractivity contribution in [1.82, 2.24) is 15.2 Å². The summed E-state index contributed by atoms with van der Waals surface area (Å²) in [6.07, 6.45) is 1.28. The molecule has 0 saturated carbocycles. The van der Waals surface area contributed by atoms with Crippen LogP contribution in [0.25, 0.3) is 0 Å². The van der Waals surface area contributed by atoms with Crippen LogP contribution in [0.4, 0.5) is 10.8 Å². The second-order valence-electron chi connectivity index (χ2n) is 8.39. The number of thiazole rings is 1. The molecule has 3 heterocycles. The molecule has 2 atom stereocenters. The molecule has 16 heteroatoms. The van der Waals surface area contributed by atoms with Crippen LogP contribution in [0.15, 0.2) is 46.1 Å². The van der Waals surface area contributed by atoms with Crippen LogP contribution in [0.5, 0.6) is 0 Å². The van der Waals surface area contributed by atoms with Gasteiger partial charge in [0.15, 0.2) is 10.8 Å². The predicted octanol–water partition coefficient (Wildman–Crippen LogP) is 0.453. The van der Waals surface area contributed by atoms with Crippen LogP contribution in [0.2, 0.25) is 0 Å². The Kier molecular flexibility index (Phi) is 7.66. The molecule has 1 saturated heterocycles. The van der Waals surface area contributed by atoms with Crippen LogP contribution in [-0.4, -0.2) is 84.5 Å². The normalized spacial score (nSPS) is 19.5. The minimum atomic E-state index is -3.48. The molecule has 202 valence electrons. The number of carboxylic acids is 1. The first-order chi connectivity index (χ1) is 17.9. The minimum absolute atomic E-state index is 0.149. The van der Waals surface area contributed by atoms with E-state index in [4.69, 9.17) is 10.6 Å². The molecule has 13 nitrogen and oxygen atoms in total. The third-order valence-corrected chi connectivity index (χ3v) is 9.11. The van der Waals surface area contributed by atoms with E-state index < -0.39 is 39.2 Å². The smallest absolute Gasteiger partial charge is 0.352 e. The molecule has 0 bridgehead atoms. The number of carbonyl (C=O) groups is 3. The van der Waals surface area contributed by atoms with E-state index in [-0.39, 0.29) is 34.4 Å². The fourth-order valence-electron chi connectivity index (χ4n) is 4.02. The van der Waals surface area contributed by atoms with Crippen LogP contribution >= 0.6 is 23.1 Å². The lowest BCUT2D eigenvalue weighted by Crippen LogP contribution is -2.71. The summed E-state index contributed by atoms with van der Waals surface area (Å²) < 4.78 is 24.9. The summed E-state index contributed by atoms with van der Waals surface area (Å²) in [6, 6.07) is 5.75. The molecule has 38 heavy (non-hydrogen) atoms. The lowest BCUT2D eigenvalue weighted by Gasteiger charge is -2.49. The fourth-order valence-corrected chi connectivity index (χ4v) is 6.41. The van der Waals surface area contributed by atoms with E-state index >= 15 is 0 Å². The Morgan fingerprint density at radius 3 is 2.74 bits per heavy atom. The van der Waals surface area contributed by atoms with E-state index in [0.717, 1.165) is 26.8 Å². The van der Waals surface area contributed by atoms with E-state index in [1.807, 2.05) is 0 Å². The van der Waals surface area contributed by atoms with Gasteiger partial charge in [-0.3, -0.25) is 18.8 Å². The summed E-state index contributed by atoms with van der Waals surface area (Å²) in [5.74, 6) is -2.27. The number of anilines is 2. The van der Waals surface area contributed by atoms with Crippen LogP contribution in [0, 0.1) is 0 Å². The van der Waals surface area contributed by atoms with Crippen LogP contribution < -0.4 is 15.4 Å². The number of nitrogens with two attached hydrogens (primary N) is 1. The lowest BCUT2D eigenvalue weighted by atomic mass is 9.98. The van der Waals surface area contributed by atoms with Gasteiger partial charge in [0.25, 0.3) is 11.8 Å². The van der Waals surface area contributed by atoms with E-state index in [1.54, 1.807) is 24.3 Å². The van der Waals surface area contributed by atoms with Gasteiger partial charge >= 0.3 is 5.97 Å². The number of carboxylic acid groups (broad SMARTS) is 1. The van der Waals surface area contributed by atoms with Crippen LogP contribution in [-0.2, 0) is 35.7 Å². The Labute approximate surface area is 226 Å². The maximum Gasteiger partial charge on any atom is 0.352 e. The van der Waals surface area contributed by atoms with E-state index in [1.165, 1.54) is 31.3 Å². The first kappa shape index (κ1) is 27.4. The highest BCUT2D eigenvalue weighted by molar-refractivity contribution is 8.00. The molecule has 0 spiro atoms. The number of hydrogen-bond acceptors (Lipinski definition) is 11. The number of sulfonamides is 1. The molecule has 1 aromatic heterocycles. The van der Waals surface area contributed by atoms with E-state index in [2.05, 4.69) is 15.5 Å². The summed E-state index contributed by atoms with van der Waals surface area (Å²) in [5, 5.41) is 17.4. The third kappa shape index (κ3) is 5.32. The number of nitrogens with one attached hydrogen (secondary N) is 1. The van der Waals surface area contributed by atoms with Gasteiger partial charge in [0.05, 0.1) is 11.9 Å². The lowest BCUT2D eigenvalue weighted by molar-refractivity contribution is -0.150. The first-order valence-corrected chi connectivity index (χ1v) is 14.8. The molecule has 2 amide bonds. The average Bonchev–Trinajstić information content (AvgIpc) is 3.30. The molecule has 1 aromatic carbocycles. The van der Waals surface area contributed by atoms with Gasteiger partial charge in [-0.15, -0.1) is 23.1 Å². The van der Waals surface area contributed by atoms with Crippen molar-refractivity contribution in [3.05, 3.63) is 52.2 Å². The van der Waals surface area contributed by atoms with Crippen molar-refractivity contribution in [2.45, 2.75) is 17.8 Å². The zero-order chi connectivity index (χ0) is 27.8. The van der Waals surface area contributed by atoms with Gasteiger partial charge in [-0.1, -0.05) is 17.3 Å². The van der Waals surface area contributed by atoms with Gasteiger partial charge in [0.1, 0.15) is 29.9 Å². The number of fused-ring (bicyclic) bond motifs is 1. The summed E-state index contributed by atoms with van der Waals surface area (Å²) in [5.41, 5.74) is 7.13. The van der Waals surface area contributed by atoms with Gasteiger partial charge in [-0.25, -0.2) is 18.2 Å². The largest absolute Gasteiger partial charge is 0.477 e. The highest BCUT2D eigenvalue weighted by Crippen LogP contribution is 2.41. The van der Waals surface area contributed by atoms with E-state index in [0.29, 0.717) is 16.8 Å². The van der Waals surface area contributed by atoms with Crippen molar-refractivity contribution in [3.63, 3.8) is 0 Å². The van der Waals surface area contributed by atoms with Gasteiger partial charge in [0, 0.05) is 18.2 Å². The number of β-lactam (4-membered cyclic amide) rings is 1. The Hall–Kier alpha value is -3.63. The van der Waals surface area contributed by atoms with Crippen molar-refractivity contribution in [3.8, 4) is 0 Å². The summed E-state index contributed by atoms with van der Waals surface area (Å²) in [6.45, 7) is 0. The topological polar surface area (TPSA) is 185 Å². The molecule has 1 fully saturated rings. The molecular weight excluding hydrogens is 556 g/mol. The van der Waals surface area contributed by atoms with Crippen LogP contribution in [0.3, 0.4) is 0 Å². The maximum absolute atomic E-state index is 13.0. The monoisotopic (exact) mass is 580 g/mol. The number of oxime groups is 1. The number of benzene rings is 1. The number of carbonyl (C=O) groups excluding carboxylic acids is 2. The van der Waals surface area contributed by atoms with Gasteiger partial charge in [0.2, 0.25) is 10.0 Å². The average molecular weight is 581 g/mol. The number of nitrogen functional groups attached to an aromatic ring is 1. The maximum atomic E-state index is 13.0. The standard InChI is InChI=1S/C22H24N6O7S3/c1-27(38(3,33)34)13-6-4-5-11(8-13)7-12-9-36-20-16(19(30)28(20)17(12)21(31)32)25-18(29)15(26-35-2)14-10-37-22(23)24-14/h4-6,8,10,16,20H,7,9H2,1-3H3,(H2,23,24)(H,25,29)(H,31,32)/b26-15-/t16-,20-/m1/s1. The summed E-state index contributed by atoms with van der Waals surface area (Å²) in [4.78, 5) is 48.1. The van der Waals surface area contributed by atoms with Crippen molar-refractivity contribution >= 4 is 67.4 Å². The number of aliphatic carboxylic acids is 1. The van der Waals surface area contributed by atoms with Gasteiger partial charge in [-0.05, 0) is 29.7 Å². The molecule has 2 aliphatic rings. The molecule has 0 radical (unpaired) electrons. The van der Waals surface area contributed by atoms with Crippen LogP contribution in [0.1, 0.15) is 11.3 Å². The second-order valence-corrected chi connectivity index (χ2v) is 12.4. The Morgan fingerprint density at radius 1 is 1.39 bits per heavy atom. The molecular formula is C22H24N6O7S3. The van der Waals surface area contributed by atoms with Crippen molar-refractivity contribution in [1.29, 1.82) is 0 Å². The number of amides is 2. The summed E-state index contributed by atoms with van der Waals surface area (Å²) in [7, 11) is -0.789. The Morgan fingerprint density at radius 2 is 2.13 bits per heavy atom. The molecule has 2 aliphatic heterocycles. The molecule has 0 unspecified atom stereocenters. The zero-order valence-electron chi connectivity index (χ0n) is 20.4. The number of thioether (sulfide) groups is 1. The Balaban J connectivity index is 1.54. The number of rotatable bonds is 9. The molecule has 0 aliphatic carbocycles. The SMILES string of the molecule is CO/N=C(\C(=O)N[C@@H]1C(=O)N2C(C(=O)O)=C(Cc3cccc(N(C)S(C)(=O)=O)c3)CS[C@H]12)c1csc(N)n1. The molecule has 4 rings (SSSR count). The third-order valence-electron chi connectivity index (χ3n) is 5.89. The minimum Gasteiger partial charge on any atom is -0.477 e. The molecule has 4 N–H and O–H groups in total. The van der Waals surface area contributed by atoms with Gasteiger partial charge in [-0.2, -0.15) is 0 Å². The van der Waals surface area contributed by atoms with E-state index in [9.17, 15) is 27.9 Å². The highest BCUT2D eigenvalue weighted by Gasteiger charge is 2.54.